The van der Waals surface area contributed by atoms with Gasteiger partial charge in [-0.1, -0.05) is 13.8 Å². The lowest BCUT2D eigenvalue weighted by Crippen LogP contribution is -2.47. The van der Waals surface area contributed by atoms with Gasteiger partial charge in [0.1, 0.15) is 5.76 Å². The summed E-state index contributed by atoms with van der Waals surface area (Å²) in [6.45, 7) is 6.75. The van der Waals surface area contributed by atoms with Gasteiger partial charge in [0.25, 0.3) is 0 Å². The minimum atomic E-state index is -0.309. The molecule has 0 saturated carbocycles. The van der Waals surface area contributed by atoms with E-state index in [0.29, 0.717) is 12.5 Å². The van der Waals surface area contributed by atoms with Crippen LogP contribution in [0.1, 0.15) is 32.4 Å². The summed E-state index contributed by atoms with van der Waals surface area (Å²) in [6, 6.07) is 3.80. The number of carbonyl (C=O) groups is 1. The van der Waals surface area contributed by atoms with Crippen LogP contribution < -0.4 is 10.6 Å². The second-order valence-corrected chi connectivity index (χ2v) is 5.85. The molecule has 1 saturated heterocycles. The van der Waals surface area contributed by atoms with E-state index in [1.807, 2.05) is 26.0 Å². The lowest BCUT2D eigenvalue weighted by Gasteiger charge is -2.36. The van der Waals surface area contributed by atoms with E-state index in [1.54, 1.807) is 6.26 Å². The Morgan fingerprint density at radius 2 is 2.42 bits per heavy atom. The van der Waals surface area contributed by atoms with Crippen LogP contribution in [0.3, 0.4) is 0 Å². The zero-order chi connectivity index (χ0) is 13.7. The van der Waals surface area contributed by atoms with Crippen molar-refractivity contribution < 1.29 is 9.21 Å². The molecular weight excluding hydrogens is 240 g/mol. The van der Waals surface area contributed by atoms with Crippen LogP contribution in [0.5, 0.6) is 0 Å². The quantitative estimate of drug-likeness (QED) is 0.855. The number of furan rings is 1. The first-order valence-corrected chi connectivity index (χ1v) is 7.12. The molecule has 0 spiro atoms. The van der Waals surface area contributed by atoms with Crippen molar-refractivity contribution in [2.45, 2.75) is 33.1 Å². The number of rotatable bonds is 5. The highest BCUT2D eigenvalue weighted by molar-refractivity contribution is 5.82. The van der Waals surface area contributed by atoms with Gasteiger partial charge in [-0.25, -0.2) is 0 Å². The van der Waals surface area contributed by atoms with Crippen molar-refractivity contribution in [1.29, 1.82) is 0 Å². The fraction of sp³-hybridized carbons (Fsp3) is 0.667. The smallest absolute Gasteiger partial charge is 0.225 e. The average Bonchev–Trinajstić information content (AvgIpc) is 2.93. The van der Waals surface area contributed by atoms with Crippen molar-refractivity contribution in [3.8, 4) is 0 Å². The number of hydrogen-bond acceptors (Lipinski definition) is 3. The summed E-state index contributed by atoms with van der Waals surface area (Å²) < 4.78 is 5.26. The standard InChI is InChI=1S/C15H24N2O2/c1-15(2,12-5-3-8-16-11-12)14(18)17-9-7-13-6-4-10-19-13/h4,6,10,12,16H,3,5,7-9,11H2,1-2H3,(H,17,18). The second-order valence-electron chi connectivity index (χ2n) is 5.85. The highest BCUT2D eigenvalue weighted by Crippen LogP contribution is 2.31. The molecule has 4 nitrogen and oxygen atoms in total. The molecule has 2 N–H and O–H groups in total. The first kappa shape index (κ1) is 14.1. The van der Waals surface area contributed by atoms with Crippen LogP contribution in [0.25, 0.3) is 0 Å². The molecule has 19 heavy (non-hydrogen) atoms. The Hall–Kier alpha value is -1.29. The third-order valence-corrected chi connectivity index (χ3v) is 4.14. The lowest BCUT2D eigenvalue weighted by atomic mass is 9.74. The molecule has 1 amide bonds. The van der Waals surface area contributed by atoms with Gasteiger partial charge >= 0.3 is 0 Å². The fourth-order valence-corrected chi connectivity index (χ4v) is 2.64. The molecule has 0 aromatic carbocycles. The van der Waals surface area contributed by atoms with Crippen LogP contribution in [0.15, 0.2) is 22.8 Å². The van der Waals surface area contributed by atoms with Crippen molar-refractivity contribution in [1.82, 2.24) is 10.6 Å². The fourth-order valence-electron chi connectivity index (χ4n) is 2.64. The maximum absolute atomic E-state index is 12.3. The normalized spacial score (nSPS) is 20.2. The maximum Gasteiger partial charge on any atom is 0.225 e. The van der Waals surface area contributed by atoms with Gasteiger partial charge < -0.3 is 15.1 Å². The van der Waals surface area contributed by atoms with Crippen molar-refractivity contribution in [2.75, 3.05) is 19.6 Å². The molecule has 106 valence electrons. The Morgan fingerprint density at radius 1 is 1.58 bits per heavy atom. The zero-order valence-corrected chi connectivity index (χ0v) is 11.9. The molecule has 1 unspecified atom stereocenters. The molecule has 4 heteroatoms. The topological polar surface area (TPSA) is 54.3 Å². The van der Waals surface area contributed by atoms with Crippen LogP contribution >= 0.6 is 0 Å². The van der Waals surface area contributed by atoms with Crippen LogP contribution in [0.4, 0.5) is 0 Å². The van der Waals surface area contributed by atoms with E-state index in [9.17, 15) is 4.79 Å². The van der Waals surface area contributed by atoms with E-state index < -0.39 is 0 Å². The molecule has 1 fully saturated rings. The molecule has 1 aliphatic heterocycles. The number of piperidine rings is 1. The monoisotopic (exact) mass is 264 g/mol. The molecule has 2 rings (SSSR count). The molecule has 1 aliphatic rings. The van der Waals surface area contributed by atoms with Gasteiger partial charge in [0.2, 0.25) is 5.91 Å². The van der Waals surface area contributed by atoms with E-state index in [0.717, 1.165) is 38.1 Å². The zero-order valence-electron chi connectivity index (χ0n) is 11.9. The predicted octanol–water partition coefficient (Wildman–Crippen LogP) is 1.96. The Morgan fingerprint density at radius 3 is 3.05 bits per heavy atom. The highest BCUT2D eigenvalue weighted by Gasteiger charge is 2.36. The van der Waals surface area contributed by atoms with Gasteiger partial charge in [0, 0.05) is 18.4 Å². The van der Waals surface area contributed by atoms with Crippen LogP contribution in [0, 0.1) is 11.3 Å². The molecule has 1 aromatic rings. The third-order valence-electron chi connectivity index (χ3n) is 4.14. The summed E-state index contributed by atoms with van der Waals surface area (Å²) >= 11 is 0. The summed E-state index contributed by atoms with van der Waals surface area (Å²) in [5.74, 6) is 1.48. The van der Waals surface area contributed by atoms with Crippen molar-refractivity contribution >= 4 is 5.91 Å². The summed E-state index contributed by atoms with van der Waals surface area (Å²) in [7, 11) is 0. The summed E-state index contributed by atoms with van der Waals surface area (Å²) in [6.07, 6.45) is 4.70. The molecule has 0 aliphatic carbocycles. The van der Waals surface area contributed by atoms with Crippen molar-refractivity contribution in [3.63, 3.8) is 0 Å². The molecule has 1 atom stereocenters. The van der Waals surface area contributed by atoms with Gasteiger partial charge in [0.05, 0.1) is 6.26 Å². The van der Waals surface area contributed by atoms with Crippen LogP contribution in [-0.4, -0.2) is 25.5 Å². The van der Waals surface area contributed by atoms with Gasteiger partial charge in [-0.15, -0.1) is 0 Å². The highest BCUT2D eigenvalue weighted by atomic mass is 16.3. The first-order chi connectivity index (χ1) is 9.10. The molecule has 2 heterocycles. The van der Waals surface area contributed by atoms with Crippen LogP contribution in [-0.2, 0) is 11.2 Å². The van der Waals surface area contributed by atoms with Gasteiger partial charge in [-0.05, 0) is 44.0 Å². The van der Waals surface area contributed by atoms with Gasteiger partial charge in [-0.2, -0.15) is 0 Å². The lowest BCUT2D eigenvalue weighted by molar-refractivity contribution is -0.132. The maximum atomic E-state index is 12.3. The Bertz CT molecular complexity index is 392. The van der Waals surface area contributed by atoms with E-state index in [4.69, 9.17) is 4.42 Å². The average molecular weight is 264 g/mol. The van der Waals surface area contributed by atoms with Crippen LogP contribution in [0.2, 0.25) is 0 Å². The van der Waals surface area contributed by atoms with Gasteiger partial charge in [-0.3, -0.25) is 4.79 Å². The van der Waals surface area contributed by atoms with Gasteiger partial charge in [0.15, 0.2) is 0 Å². The van der Waals surface area contributed by atoms with Crippen molar-refractivity contribution in [2.24, 2.45) is 11.3 Å². The number of nitrogens with one attached hydrogen (secondary N) is 2. The molecular formula is C15H24N2O2. The van der Waals surface area contributed by atoms with E-state index in [-0.39, 0.29) is 11.3 Å². The Kier molecular flexibility index (Phi) is 4.64. The number of hydrogen-bond donors (Lipinski definition) is 2. The Balaban J connectivity index is 1.80. The first-order valence-electron chi connectivity index (χ1n) is 7.12. The molecule has 1 aromatic heterocycles. The molecule has 0 bridgehead atoms. The number of amides is 1. The summed E-state index contributed by atoms with van der Waals surface area (Å²) in [5, 5.41) is 6.41. The largest absolute Gasteiger partial charge is 0.469 e. The number of carbonyl (C=O) groups excluding carboxylic acids is 1. The minimum Gasteiger partial charge on any atom is -0.469 e. The van der Waals surface area contributed by atoms with E-state index in [1.165, 1.54) is 0 Å². The second kappa shape index (κ2) is 6.24. The summed E-state index contributed by atoms with van der Waals surface area (Å²) in [4.78, 5) is 12.3. The Labute approximate surface area is 114 Å². The van der Waals surface area contributed by atoms with E-state index >= 15 is 0 Å². The summed E-state index contributed by atoms with van der Waals surface area (Å²) in [5.41, 5.74) is -0.309. The van der Waals surface area contributed by atoms with E-state index in [2.05, 4.69) is 10.6 Å². The predicted molar refractivity (Wildman–Crippen MR) is 74.8 cm³/mol. The molecule has 0 radical (unpaired) electrons. The SMILES string of the molecule is CC(C)(C(=O)NCCc1ccco1)C1CCCNC1. The van der Waals surface area contributed by atoms with Crippen molar-refractivity contribution in [3.05, 3.63) is 24.2 Å². The third kappa shape index (κ3) is 3.60. The minimum absolute atomic E-state index is 0.146.